The Bertz CT molecular complexity index is 452. The van der Waals surface area contributed by atoms with Crippen LogP contribution in [0.4, 0.5) is 5.69 Å². The minimum absolute atomic E-state index is 0.0344. The van der Waals surface area contributed by atoms with Gasteiger partial charge in [-0.25, -0.2) is 0 Å². The first-order valence-electron chi connectivity index (χ1n) is 6.12. The molecule has 0 saturated carbocycles. The average molecular weight is 232 g/mol. The van der Waals surface area contributed by atoms with Crippen LogP contribution in [0.3, 0.4) is 0 Å². The summed E-state index contributed by atoms with van der Waals surface area (Å²) < 4.78 is 0. The highest BCUT2D eigenvalue weighted by Gasteiger charge is 2.33. The van der Waals surface area contributed by atoms with Gasteiger partial charge in [-0.1, -0.05) is 24.6 Å². The van der Waals surface area contributed by atoms with Gasteiger partial charge in [0.25, 0.3) is 0 Å². The van der Waals surface area contributed by atoms with Crippen LogP contribution in [0, 0.1) is 6.92 Å². The van der Waals surface area contributed by atoms with Gasteiger partial charge < -0.3 is 5.32 Å². The Balaban J connectivity index is 2.31. The van der Waals surface area contributed by atoms with Crippen molar-refractivity contribution < 1.29 is 4.79 Å². The Kier molecular flexibility index (Phi) is 2.96. The second kappa shape index (κ2) is 4.15. The molecule has 1 unspecified atom stereocenters. The maximum atomic E-state index is 12.0. The van der Waals surface area contributed by atoms with Crippen LogP contribution in [0.5, 0.6) is 0 Å². The van der Waals surface area contributed by atoms with Gasteiger partial charge >= 0.3 is 0 Å². The Morgan fingerprint density at radius 1 is 1.41 bits per heavy atom. The van der Waals surface area contributed by atoms with E-state index in [1.54, 1.807) is 0 Å². The number of hydrogen-bond acceptors (Lipinski definition) is 2. The van der Waals surface area contributed by atoms with Crippen LogP contribution in [0.1, 0.15) is 44.4 Å². The number of carbonyl (C=O) groups is 1. The molecule has 3 nitrogen and oxygen atoms in total. The van der Waals surface area contributed by atoms with E-state index in [0.29, 0.717) is 0 Å². The van der Waals surface area contributed by atoms with Gasteiger partial charge in [0.15, 0.2) is 0 Å². The number of carbonyl (C=O) groups excluding carboxylic acids is 1. The summed E-state index contributed by atoms with van der Waals surface area (Å²) in [4.78, 5) is 12.0. The highest BCUT2D eigenvalue weighted by Crippen LogP contribution is 2.33. The molecule has 2 N–H and O–H groups in total. The largest absolute Gasteiger partial charge is 0.324 e. The van der Waals surface area contributed by atoms with Crippen LogP contribution in [-0.4, -0.2) is 11.4 Å². The monoisotopic (exact) mass is 232 g/mol. The molecule has 1 heterocycles. The molecule has 1 aliphatic heterocycles. The molecule has 92 valence electrons. The molecule has 1 aliphatic rings. The molecule has 17 heavy (non-hydrogen) atoms. The Morgan fingerprint density at radius 2 is 2.12 bits per heavy atom. The fourth-order valence-electron chi connectivity index (χ4n) is 2.02. The van der Waals surface area contributed by atoms with Gasteiger partial charge in [0.05, 0.1) is 0 Å². The number of nitrogens with one attached hydrogen (secondary N) is 2. The number of anilines is 1. The molecular weight excluding hydrogens is 212 g/mol. The SMILES string of the molecule is CCC(C)(C)NC1C(=O)Nc2ccc(C)cc21. The van der Waals surface area contributed by atoms with E-state index >= 15 is 0 Å². The van der Waals surface area contributed by atoms with E-state index in [9.17, 15) is 4.79 Å². The van der Waals surface area contributed by atoms with Crippen molar-refractivity contribution in [2.24, 2.45) is 0 Å². The van der Waals surface area contributed by atoms with Crippen molar-refractivity contribution in [3.8, 4) is 0 Å². The van der Waals surface area contributed by atoms with Gasteiger partial charge in [0, 0.05) is 16.8 Å². The first kappa shape index (κ1) is 12.1. The molecule has 1 aromatic rings. The van der Waals surface area contributed by atoms with Gasteiger partial charge in [-0.15, -0.1) is 0 Å². The number of aryl methyl sites for hydroxylation is 1. The van der Waals surface area contributed by atoms with Crippen LogP contribution in [-0.2, 0) is 4.79 Å². The van der Waals surface area contributed by atoms with Gasteiger partial charge in [-0.05, 0) is 33.3 Å². The van der Waals surface area contributed by atoms with Crippen molar-refractivity contribution in [2.45, 2.75) is 45.7 Å². The Labute approximate surface area is 103 Å². The topological polar surface area (TPSA) is 41.1 Å². The molecule has 0 saturated heterocycles. The van der Waals surface area contributed by atoms with Gasteiger partial charge in [-0.3, -0.25) is 10.1 Å². The summed E-state index contributed by atoms with van der Waals surface area (Å²) in [7, 11) is 0. The molecule has 0 fully saturated rings. The fraction of sp³-hybridized carbons (Fsp3) is 0.500. The van der Waals surface area contributed by atoms with E-state index in [-0.39, 0.29) is 17.5 Å². The molecule has 0 radical (unpaired) electrons. The quantitative estimate of drug-likeness (QED) is 0.841. The highest BCUT2D eigenvalue weighted by molar-refractivity contribution is 6.02. The highest BCUT2D eigenvalue weighted by atomic mass is 16.2. The van der Waals surface area contributed by atoms with Crippen molar-refractivity contribution >= 4 is 11.6 Å². The minimum atomic E-state index is -0.222. The predicted octanol–water partition coefficient (Wildman–Crippen LogP) is 2.77. The lowest BCUT2D eigenvalue weighted by atomic mass is 9.97. The molecule has 0 aromatic heterocycles. The summed E-state index contributed by atoms with van der Waals surface area (Å²) in [5.74, 6) is 0.0483. The van der Waals surface area contributed by atoms with E-state index in [2.05, 4.69) is 37.5 Å². The van der Waals surface area contributed by atoms with Gasteiger partial charge in [-0.2, -0.15) is 0 Å². The molecule has 0 bridgehead atoms. The lowest BCUT2D eigenvalue weighted by molar-refractivity contribution is -0.118. The molecule has 2 rings (SSSR count). The van der Waals surface area contributed by atoms with E-state index in [0.717, 1.165) is 17.7 Å². The van der Waals surface area contributed by atoms with Crippen LogP contribution in [0.15, 0.2) is 18.2 Å². The summed E-state index contributed by atoms with van der Waals surface area (Å²) in [6.07, 6.45) is 0.984. The molecule has 1 aromatic carbocycles. The minimum Gasteiger partial charge on any atom is -0.324 e. The van der Waals surface area contributed by atoms with Crippen LogP contribution >= 0.6 is 0 Å². The number of amides is 1. The molecule has 3 heteroatoms. The molecular formula is C14H20N2O. The summed E-state index contributed by atoms with van der Waals surface area (Å²) in [5, 5.41) is 6.35. The number of fused-ring (bicyclic) bond motifs is 1. The standard InChI is InChI=1S/C14H20N2O/c1-5-14(3,4)16-12-10-8-9(2)6-7-11(10)15-13(12)17/h6-8,12,16H,5H2,1-4H3,(H,15,17). The van der Waals surface area contributed by atoms with Crippen molar-refractivity contribution in [1.29, 1.82) is 0 Å². The molecule has 1 atom stereocenters. The van der Waals surface area contributed by atoms with E-state index in [1.807, 2.05) is 19.1 Å². The van der Waals surface area contributed by atoms with Crippen molar-refractivity contribution in [3.05, 3.63) is 29.3 Å². The third-order valence-corrected chi connectivity index (χ3v) is 3.46. The van der Waals surface area contributed by atoms with Crippen molar-refractivity contribution in [1.82, 2.24) is 5.32 Å². The number of rotatable bonds is 3. The predicted molar refractivity (Wildman–Crippen MR) is 70.1 cm³/mol. The molecule has 0 aliphatic carbocycles. The normalized spacial score (nSPS) is 19.1. The van der Waals surface area contributed by atoms with Crippen LogP contribution < -0.4 is 10.6 Å². The zero-order chi connectivity index (χ0) is 12.6. The Hall–Kier alpha value is -1.35. The van der Waals surface area contributed by atoms with Gasteiger partial charge in [0.1, 0.15) is 6.04 Å². The number of hydrogen-bond donors (Lipinski definition) is 2. The lowest BCUT2D eigenvalue weighted by Crippen LogP contribution is -2.43. The molecule has 0 spiro atoms. The van der Waals surface area contributed by atoms with E-state index in [4.69, 9.17) is 0 Å². The smallest absolute Gasteiger partial charge is 0.246 e. The first-order valence-corrected chi connectivity index (χ1v) is 6.12. The zero-order valence-corrected chi connectivity index (χ0v) is 10.9. The first-order chi connectivity index (χ1) is 7.93. The Morgan fingerprint density at radius 3 is 2.76 bits per heavy atom. The van der Waals surface area contributed by atoms with Crippen molar-refractivity contribution in [3.63, 3.8) is 0 Å². The maximum absolute atomic E-state index is 12.0. The van der Waals surface area contributed by atoms with Crippen LogP contribution in [0.25, 0.3) is 0 Å². The summed E-state index contributed by atoms with van der Waals surface area (Å²) in [6, 6.07) is 5.85. The number of benzene rings is 1. The van der Waals surface area contributed by atoms with Crippen molar-refractivity contribution in [2.75, 3.05) is 5.32 Å². The lowest BCUT2D eigenvalue weighted by Gasteiger charge is -2.28. The summed E-state index contributed by atoms with van der Waals surface area (Å²) in [5.41, 5.74) is 3.15. The maximum Gasteiger partial charge on any atom is 0.246 e. The summed E-state index contributed by atoms with van der Waals surface area (Å²) >= 11 is 0. The average Bonchev–Trinajstić information content (AvgIpc) is 2.56. The van der Waals surface area contributed by atoms with Gasteiger partial charge in [0.2, 0.25) is 5.91 Å². The third-order valence-electron chi connectivity index (χ3n) is 3.46. The van der Waals surface area contributed by atoms with Crippen LogP contribution in [0.2, 0.25) is 0 Å². The third kappa shape index (κ3) is 2.34. The fourth-order valence-corrected chi connectivity index (χ4v) is 2.02. The summed E-state index contributed by atoms with van der Waals surface area (Å²) in [6.45, 7) is 8.41. The molecule has 1 amide bonds. The van der Waals surface area contributed by atoms with E-state index < -0.39 is 0 Å². The second-order valence-corrected chi connectivity index (χ2v) is 5.39. The van der Waals surface area contributed by atoms with E-state index in [1.165, 1.54) is 5.56 Å². The zero-order valence-electron chi connectivity index (χ0n) is 10.9. The second-order valence-electron chi connectivity index (χ2n) is 5.39.